The predicted octanol–water partition coefficient (Wildman–Crippen LogP) is 1.71. The number of nitrogens with one attached hydrogen (secondary N) is 2. The minimum absolute atomic E-state index is 0.00623. The average molecular weight is 431 g/mol. The molecule has 31 heavy (non-hydrogen) atoms. The van der Waals surface area contributed by atoms with Gasteiger partial charge in [-0.3, -0.25) is 19.2 Å². The molecule has 0 saturated carbocycles. The molecule has 2 bridgehead atoms. The van der Waals surface area contributed by atoms with Gasteiger partial charge in [-0.15, -0.1) is 0 Å². The van der Waals surface area contributed by atoms with E-state index in [2.05, 4.69) is 10.3 Å². The van der Waals surface area contributed by atoms with Gasteiger partial charge in [-0.05, 0) is 56.0 Å². The molecule has 4 heterocycles. The number of nitrogens with zero attached hydrogens (tertiary/aromatic N) is 1. The highest BCUT2D eigenvalue weighted by Gasteiger charge is 2.31. The van der Waals surface area contributed by atoms with Gasteiger partial charge in [0.05, 0.1) is 0 Å². The molecule has 2 aromatic rings. The first-order valence-corrected chi connectivity index (χ1v) is 10.0. The molecule has 9 nitrogen and oxygen atoms in total. The molecule has 2 atom stereocenters. The summed E-state index contributed by atoms with van der Waals surface area (Å²) in [6, 6.07) is 5.52. The molecule has 4 rings (SSSR count). The van der Waals surface area contributed by atoms with Gasteiger partial charge in [-0.2, -0.15) is 0 Å². The van der Waals surface area contributed by atoms with Crippen LogP contribution in [0.25, 0.3) is 11.1 Å². The Kier molecular flexibility index (Phi) is 7.93. The zero-order chi connectivity index (χ0) is 23.3. The van der Waals surface area contributed by atoms with E-state index in [9.17, 15) is 9.59 Å². The lowest BCUT2D eigenvalue weighted by molar-refractivity contribution is -0.135. The number of aromatic amines is 1. The minimum atomic E-state index is -0.833. The number of hydrogen-bond donors (Lipinski definition) is 4. The molecule has 0 aliphatic carbocycles. The van der Waals surface area contributed by atoms with Gasteiger partial charge in [-0.25, -0.2) is 0 Å². The van der Waals surface area contributed by atoms with Crippen molar-refractivity contribution in [2.45, 2.75) is 46.6 Å². The number of rotatable bonds is 1. The number of aryl methyl sites for hydroxylation is 2. The summed E-state index contributed by atoms with van der Waals surface area (Å²) in [4.78, 5) is 45.8. The van der Waals surface area contributed by atoms with Crippen molar-refractivity contribution in [2.24, 2.45) is 5.92 Å². The van der Waals surface area contributed by atoms with Crippen LogP contribution in [0.1, 0.15) is 43.1 Å². The maximum Gasteiger partial charge on any atom is 0.300 e. The van der Waals surface area contributed by atoms with Gasteiger partial charge in [-0.1, -0.05) is 0 Å². The Morgan fingerprint density at radius 1 is 1.03 bits per heavy atom. The quantitative estimate of drug-likeness (QED) is 0.538. The van der Waals surface area contributed by atoms with Crippen LogP contribution >= 0.6 is 0 Å². The summed E-state index contributed by atoms with van der Waals surface area (Å²) < 4.78 is 1.90. The second-order valence-electron chi connectivity index (χ2n) is 7.93. The minimum Gasteiger partial charge on any atom is -0.481 e. The van der Waals surface area contributed by atoms with Crippen LogP contribution in [-0.4, -0.2) is 44.8 Å². The number of pyridine rings is 2. The second kappa shape index (κ2) is 10.2. The van der Waals surface area contributed by atoms with E-state index in [-0.39, 0.29) is 11.1 Å². The van der Waals surface area contributed by atoms with Crippen molar-refractivity contribution in [3.63, 3.8) is 0 Å². The van der Waals surface area contributed by atoms with Crippen molar-refractivity contribution in [3.8, 4) is 11.1 Å². The van der Waals surface area contributed by atoms with Crippen LogP contribution in [0.3, 0.4) is 0 Å². The number of carboxylic acids is 2. The third kappa shape index (κ3) is 6.39. The van der Waals surface area contributed by atoms with Crippen molar-refractivity contribution in [2.75, 3.05) is 13.1 Å². The molecule has 1 saturated heterocycles. The van der Waals surface area contributed by atoms with E-state index in [0.717, 1.165) is 62.4 Å². The third-order valence-electron chi connectivity index (χ3n) is 5.27. The van der Waals surface area contributed by atoms with Gasteiger partial charge in [0.2, 0.25) is 0 Å². The smallest absolute Gasteiger partial charge is 0.300 e. The molecule has 0 amide bonds. The van der Waals surface area contributed by atoms with Crippen LogP contribution in [0.5, 0.6) is 0 Å². The average Bonchev–Trinajstić information content (AvgIpc) is 2.65. The van der Waals surface area contributed by atoms with E-state index in [1.165, 1.54) is 0 Å². The lowest BCUT2D eigenvalue weighted by Gasteiger charge is -2.37. The van der Waals surface area contributed by atoms with Gasteiger partial charge in [0.25, 0.3) is 23.1 Å². The number of aromatic nitrogens is 2. The fourth-order valence-corrected chi connectivity index (χ4v) is 3.90. The molecule has 168 valence electrons. The third-order valence-corrected chi connectivity index (χ3v) is 5.27. The largest absolute Gasteiger partial charge is 0.481 e. The van der Waals surface area contributed by atoms with E-state index in [1.807, 2.05) is 30.5 Å². The Morgan fingerprint density at radius 3 is 2.26 bits per heavy atom. The molecule has 0 radical (unpaired) electrons. The van der Waals surface area contributed by atoms with E-state index >= 15 is 0 Å². The lowest BCUT2D eigenvalue weighted by Crippen LogP contribution is -2.44. The van der Waals surface area contributed by atoms with Crippen molar-refractivity contribution < 1.29 is 19.8 Å². The highest BCUT2D eigenvalue weighted by atomic mass is 16.4. The normalized spacial score (nSPS) is 18.5. The summed E-state index contributed by atoms with van der Waals surface area (Å²) in [5.41, 5.74) is 4.15. The van der Waals surface area contributed by atoms with Gasteiger partial charge >= 0.3 is 0 Å². The SMILES string of the molecule is CC(=O)O.CC(=O)O.Cc1cc(-c2cc3n(c(=O)c2)C[C@@H]2CNC[C@H]3C2)c(=O)[nH]c1C. The van der Waals surface area contributed by atoms with Gasteiger partial charge in [0.15, 0.2) is 0 Å². The van der Waals surface area contributed by atoms with Crippen LogP contribution in [0, 0.1) is 19.8 Å². The lowest BCUT2D eigenvalue weighted by atomic mass is 9.83. The molecule has 9 heteroatoms. The van der Waals surface area contributed by atoms with Crippen molar-refractivity contribution in [1.82, 2.24) is 14.9 Å². The van der Waals surface area contributed by atoms with Crippen molar-refractivity contribution in [3.05, 3.63) is 55.9 Å². The summed E-state index contributed by atoms with van der Waals surface area (Å²) >= 11 is 0. The second-order valence-corrected chi connectivity index (χ2v) is 7.93. The Hall–Kier alpha value is -3.20. The Balaban J connectivity index is 0.000000370. The number of piperidine rings is 1. The highest BCUT2D eigenvalue weighted by molar-refractivity contribution is 5.64. The summed E-state index contributed by atoms with van der Waals surface area (Å²) in [5, 5.41) is 18.3. The highest BCUT2D eigenvalue weighted by Crippen LogP contribution is 2.33. The number of carboxylic acid groups (broad SMARTS) is 2. The first kappa shape index (κ1) is 24.1. The Labute approximate surface area is 179 Å². The predicted molar refractivity (Wildman–Crippen MR) is 117 cm³/mol. The fourth-order valence-electron chi connectivity index (χ4n) is 3.90. The maximum atomic E-state index is 12.6. The van der Waals surface area contributed by atoms with Crippen molar-refractivity contribution >= 4 is 11.9 Å². The molecule has 0 spiro atoms. The molecule has 2 aliphatic heterocycles. The number of fused-ring (bicyclic) bond motifs is 4. The summed E-state index contributed by atoms with van der Waals surface area (Å²) in [7, 11) is 0. The van der Waals surface area contributed by atoms with Crippen LogP contribution in [0.15, 0.2) is 27.8 Å². The molecular formula is C22H29N3O6. The summed E-state index contributed by atoms with van der Waals surface area (Å²) in [6.07, 6.45) is 1.12. The maximum absolute atomic E-state index is 12.6. The van der Waals surface area contributed by atoms with Crippen LogP contribution in [0.4, 0.5) is 0 Å². The number of carbonyl (C=O) groups is 2. The summed E-state index contributed by atoms with van der Waals surface area (Å²) in [6.45, 7) is 8.69. The molecule has 0 aromatic carbocycles. The Bertz CT molecular complexity index is 1070. The molecule has 2 aliphatic rings. The summed E-state index contributed by atoms with van der Waals surface area (Å²) in [5.74, 6) is -0.768. The monoisotopic (exact) mass is 431 g/mol. The van der Waals surface area contributed by atoms with Crippen LogP contribution in [0.2, 0.25) is 0 Å². The van der Waals surface area contributed by atoms with Gasteiger partial charge in [0.1, 0.15) is 0 Å². The van der Waals surface area contributed by atoms with Crippen LogP contribution < -0.4 is 16.4 Å². The first-order valence-electron chi connectivity index (χ1n) is 10.0. The zero-order valence-corrected chi connectivity index (χ0v) is 18.2. The first-order chi connectivity index (χ1) is 14.5. The Morgan fingerprint density at radius 2 is 1.65 bits per heavy atom. The topological polar surface area (TPSA) is 141 Å². The standard InChI is InChI=1S/C18H21N3O2.2C2H4O2/c1-10-3-15(18(23)20-11(10)2)13-5-16-14-4-12(7-19-8-14)9-21(16)17(22)6-13;2*1-2(3)4/h3,5-6,12,14,19H,4,7-9H2,1-2H3,(H,20,23);2*1H3,(H,3,4)/t12-,14+;;/m0../s1. The van der Waals surface area contributed by atoms with Crippen LogP contribution in [-0.2, 0) is 16.1 Å². The molecule has 2 aromatic heterocycles. The number of H-pyrrole nitrogens is 1. The van der Waals surface area contributed by atoms with Crippen molar-refractivity contribution in [1.29, 1.82) is 0 Å². The zero-order valence-electron chi connectivity index (χ0n) is 18.2. The number of hydrogen-bond acceptors (Lipinski definition) is 5. The fraction of sp³-hybridized carbons (Fsp3) is 0.455. The molecule has 1 fully saturated rings. The van der Waals surface area contributed by atoms with E-state index in [1.54, 1.807) is 6.07 Å². The van der Waals surface area contributed by atoms with Gasteiger partial charge < -0.3 is 25.1 Å². The number of aliphatic carboxylic acids is 2. The van der Waals surface area contributed by atoms with E-state index in [0.29, 0.717) is 17.4 Å². The molecule has 0 unspecified atom stereocenters. The van der Waals surface area contributed by atoms with Gasteiger partial charge in [0, 0.05) is 55.9 Å². The molecule has 4 N–H and O–H groups in total. The van der Waals surface area contributed by atoms with E-state index in [4.69, 9.17) is 19.8 Å². The molecular weight excluding hydrogens is 402 g/mol. The van der Waals surface area contributed by atoms with E-state index < -0.39 is 11.9 Å².